The molecule has 1 aromatic rings. The fourth-order valence-corrected chi connectivity index (χ4v) is 2.65. The first-order valence-corrected chi connectivity index (χ1v) is 7.10. The monoisotopic (exact) mass is 261 g/mol. The van der Waals surface area contributed by atoms with Crippen LogP contribution in [0, 0.1) is 0 Å². The van der Waals surface area contributed by atoms with Gasteiger partial charge in [-0.25, -0.2) is 0 Å². The summed E-state index contributed by atoms with van der Waals surface area (Å²) in [5.41, 5.74) is 1.11. The maximum Gasteiger partial charge on any atom is 0.230 e. The molecule has 0 aromatic heterocycles. The van der Waals surface area contributed by atoms with Crippen molar-refractivity contribution in [2.24, 2.45) is 0 Å². The average Bonchev–Trinajstić information content (AvgIpc) is 2.43. The normalized spacial score (nSPS) is 25.1. The molecule has 2 rings (SSSR count). The molecule has 0 aliphatic carbocycles. The van der Waals surface area contributed by atoms with Crippen LogP contribution >= 0.6 is 0 Å². The second-order valence-electron chi connectivity index (χ2n) is 5.36. The van der Waals surface area contributed by atoms with Crippen molar-refractivity contribution in [3.63, 3.8) is 0 Å². The number of ether oxygens (including phenoxy) is 1. The predicted molar refractivity (Wildman–Crippen MR) is 76.1 cm³/mol. The molecule has 0 spiro atoms. The second-order valence-corrected chi connectivity index (χ2v) is 5.36. The van der Waals surface area contributed by atoms with E-state index in [1.165, 1.54) is 0 Å². The third-order valence-corrected chi connectivity index (χ3v) is 3.80. The Kier molecular flexibility index (Phi) is 4.59. The fourth-order valence-electron chi connectivity index (χ4n) is 2.65. The van der Waals surface area contributed by atoms with Gasteiger partial charge < -0.3 is 9.64 Å². The maximum absolute atomic E-state index is 12.8. The van der Waals surface area contributed by atoms with Crippen LogP contribution in [0.5, 0.6) is 0 Å². The average molecular weight is 261 g/mol. The summed E-state index contributed by atoms with van der Waals surface area (Å²) in [5.74, 6) is 0.199. The van der Waals surface area contributed by atoms with Crippen molar-refractivity contribution in [3.8, 4) is 0 Å². The third kappa shape index (κ3) is 3.16. The number of benzene rings is 1. The summed E-state index contributed by atoms with van der Waals surface area (Å²) < 4.78 is 5.60. The van der Waals surface area contributed by atoms with Crippen molar-refractivity contribution in [2.45, 2.75) is 45.3 Å². The molecule has 3 nitrogen and oxygen atoms in total. The summed E-state index contributed by atoms with van der Waals surface area (Å²) in [6, 6.07) is 10.2. The zero-order valence-electron chi connectivity index (χ0n) is 12.0. The topological polar surface area (TPSA) is 29.5 Å². The molecule has 0 saturated carbocycles. The summed E-state index contributed by atoms with van der Waals surface area (Å²) in [5, 5.41) is 0. The van der Waals surface area contributed by atoms with Crippen LogP contribution in [-0.2, 0) is 9.53 Å². The van der Waals surface area contributed by atoms with E-state index < -0.39 is 0 Å². The Morgan fingerprint density at radius 1 is 1.37 bits per heavy atom. The highest BCUT2D eigenvalue weighted by Crippen LogP contribution is 2.24. The molecule has 1 fully saturated rings. The predicted octanol–water partition coefficient (Wildman–Crippen LogP) is 2.82. The molecule has 19 heavy (non-hydrogen) atoms. The van der Waals surface area contributed by atoms with E-state index in [1.807, 2.05) is 42.2 Å². The largest absolute Gasteiger partial charge is 0.375 e. The highest BCUT2D eigenvalue weighted by atomic mass is 16.5. The first kappa shape index (κ1) is 14.1. The van der Waals surface area contributed by atoms with Gasteiger partial charge in [0.25, 0.3) is 0 Å². The molecule has 3 unspecified atom stereocenters. The molecule has 1 aliphatic rings. The molecule has 1 amide bonds. The molecule has 0 bridgehead atoms. The zero-order chi connectivity index (χ0) is 13.8. The summed E-state index contributed by atoms with van der Waals surface area (Å²) in [6.07, 6.45) is 0.967. The number of amides is 1. The second kappa shape index (κ2) is 6.20. The zero-order valence-corrected chi connectivity index (χ0v) is 12.0. The molecule has 1 heterocycles. The van der Waals surface area contributed by atoms with E-state index in [0.29, 0.717) is 13.2 Å². The molecule has 1 saturated heterocycles. The first-order chi connectivity index (χ1) is 9.13. The van der Waals surface area contributed by atoms with Gasteiger partial charge in [0.2, 0.25) is 5.91 Å². The molecule has 0 N–H and O–H groups in total. The molecular weight excluding hydrogens is 238 g/mol. The van der Waals surface area contributed by atoms with Gasteiger partial charge in [-0.2, -0.15) is 0 Å². The van der Waals surface area contributed by atoms with E-state index in [2.05, 4.69) is 13.8 Å². The Morgan fingerprint density at radius 3 is 2.68 bits per heavy atom. The van der Waals surface area contributed by atoms with Crippen molar-refractivity contribution in [3.05, 3.63) is 35.9 Å². The number of hydrogen-bond donors (Lipinski definition) is 0. The molecule has 104 valence electrons. The van der Waals surface area contributed by atoms with Gasteiger partial charge >= 0.3 is 0 Å². The van der Waals surface area contributed by atoms with Gasteiger partial charge in [-0.15, -0.1) is 0 Å². The van der Waals surface area contributed by atoms with Crippen molar-refractivity contribution in [1.82, 2.24) is 4.90 Å². The Morgan fingerprint density at radius 2 is 2.05 bits per heavy atom. The number of carbonyl (C=O) groups excluding carboxylic acids is 1. The molecular formula is C16H23NO2. The minimum Gasteiger partial charge on any atom is -0.375 e. The number of carbonyl (C=O) groups is 1. The lowest BCUT2D eigenvalue weighted by molar-refractivity contribution is -0.144. The lowest BCUT2D eigenvalue weighted by atomic mass is 9.94. The van der Waals surface area contributed by atoms with Crippen molar-refractivity contribution in [2.75, 3.05) is 13.2 Å². The lowest BCUT2D eigenvalue weighted by Crippen LogP contribution is -2.51. The smallest absolute Gasteiger partial charge is 0.230 e. The molecule has 1 aliphatic heterocycles. The lowest BCUT2D eigenvalue weighted by Gasteiger charge is -2.38. The van der Waals surface area contributed by atoms with Gasteiger partial charge in [0.1, 0.15) is 0 Å². The minimum atomic E-state index is -0.0334. The number of rotatable bonds is 3. The van der Waals surface area contributed by atoms with Crippen LogP contribution in [-0.4, -0.2) is 36.1 Å². The van der Waals surface area contributed by atoms with E-state index in [0.717, 1.165) is 12.0 Å². The van der Waals surface area contributed by atoms with Gasteiger partial charge in [0.05, 0.1) is 24.7 Å². The maximum atomic E-state index is 12.8. The highest BCUT2D eigenvalue weighted by molar-refractivity contribution is 5.84. The van der Waals surface area contributed by atoms with Gasteiger partial charge in [-0.3, -0.25) is 4.79 Å². The summed E-state index contributed by atoms with van der Waals surface area (Å²) in [7, 11) is 0. The summed E-state index contributed by atoms with van der Waals surface area (Å²) in [4.78, 5) is 14.7. The Labute approximate surface area is 115 Å². The Balaban J connectivity index is 2.16. The first-order valence-electron chi connectivity index (χ1n) is 7.10. The van der Waals surface area contributed by atoms with Crippen LogP contribution in [0.15, 0.2) is 30.3 Å². The van der Waals surface area contributed by atoms with Crippen LogP contribution in [0.3, 0.4) is 0 Å². The van der Waals surface area contributed by atoms with E-state index in [9.17, 15) is 4.79 Å². The van der Waals surface area contributed by atoms with Crippen LogP contribution in [0.1, 0.15) is 38.7 Å². The quantitative estimate of drug-likeness (QED) is 0.837. The Bertz CT molecular complexity index is 418. The van der Waals surface area contributed by atoms with E-state index in [-0.39, 0.29) is 24.0 Å². The molecule has 3 atom stereocenters. The summed E-state index contributed by atoms with van der Waals surface area (Å²) >= 11 is 0. The van der Waals surface area contributed by atoms with Crippen molar-refractivity contribution >= 4 is 5.91 Å². The van der Waals surface area contributed by atoms with Gasteiger partial charge in [-0.05, 0) is 25.8 Å². The van der Waals surface area contributed by atoms with Crippen molar-refractivity contribution < 1.29 is 9.53 Å². The Hall–Kier alpha value is -1.35. The van der Waals surface area contributed by atoms with E-state index >= 15 is 0 Å². The van der Waals surface area contributed by atoms with E-state index in [4.69, 9.17) is 4.74 Å². The standard InChI is InChI=1S/C16H23NO2/c1-4-15(14-8-6-5-7-9-14)16(18)17-10-13(3)19-11-12(17)2/h5-9,12-13,15H,4,10-11H2,1-3H3. The van der Waals surface area contributed by atoms with Crippen LogP contribution in [0.25, 0.3) is 0 Å². The highest BCUT2D eigenvalue weighted by Gasteiger charge is 2.31. The third-order valence-electron chi connectivity index (χ3n) is 3.80. The van der Waals surface area contributed by atoms with Crippen molar-refractivity contribution in [1.29, 1.82) is 0 Å². The number of nitrogens with zero attached hydrogens (tertiary/aromatic N) is 1. The van der Waals surface area contributed by atoms with E-state index in [1.54, 1.807) is 0 Å². The molecule has 0 radical (unpaired) electrons. The van der Waals surface area contributed by atoms with Gasteiger partial charge in [-0.1, -0.05) is 37.3 Å². The van der Waals surface area contributed by atoms with Gasteiger partial charge in [0, 0.05) is 6.54 Å². The number of hydrogen-bond acceptors (Lipinski definition) is 2. The van der Waals surface area contributed by atoms with Crippen LogP contribution in [0.4, 0.5) is 0 Å². The van der Waals surface area contributed by atoms with Gasteiger partial charge in [0.15, 0.2) is 0 Å². The van der Waals surface area contributed by atoms with Crippen LogP contribution < -0.4 is 0 Å². The minimum absolute atomic E-state index is 0.0334. The van der Waals surface area contributed by atoms with Crippen LogP contribution in [0.2, 0.25) is 0 Å². The fraction of sp³-hybridized carbons (Fsp3) is 0.562. The SMILES string of the molecule is CCC(C(=O)N1CC(C)OCC1C)c1ccccc1. The summed E-state index contributed by atoms with van der Waals surface area (Å²) in [6.45, 7) is 7.49. The molecule has 3 heteroatoms. The molecule has 1 aromatic carbocycles. The number of morpholine rings is 1.